The topological polar surface area (TPSA) is 94.6 Å². The third kappa shape index (κ3) is 5.49. The van der Waals surface area contributed by atoms with Crippen molar-refractivity contribution < 1.29 is 27.8 Å². The predicted molar refractivity (Wildman–Crippen MR) is 98.2 cm³/mol. The fourth-order valence-corrected chi connectivity index (χ4v) is 3.19. The quantitative estimate of drug-likeness (QED) is 0.688. The molecule has 0 saturated carbocycles. The summed E-state index contributed by atoms with van der Waals surface area (Å²) >= 11 is 0.624. The molecule has 0 bridgehead atoms. The molecule has 1 aromatic heterocycles. The number of nitrogens with zero attached hydrogens (tertiary/aromatic N) is 2. The number of urea groups is 1. The number of rotatable bonds is 8. The van der Waals surface area contributed by atoms with Gasteiger partial charge in [-0.25, -0.2) is 13.6 Å². The highest BCUT2D eigenvalue weighted by molar-refractivity contribution is 7.15. The van der Waals surface area contributed by atoms with Gasteiger partial charge in [-0.3, -0.25) is 5.32 Å². The zero-order valence-corrected chi connectivity index (χ0v) is 15.9. The first kappa shape index (κ1) is 20.2. The molecule has 2 heterocycles. The number of aromatic nitrogens is 2. The second-order valence-corrected chi connectivity index (χ2v) is 6.99. The molecule has 0 spiro atoms. The van der Waals surface area contributed by atoms with Gasteiger partial charge in [-0.05, 0) is 30.5 Å². The highest BCUT2D eigenvalue weighted by Gasteiger charge is 2.18. The van der Waals surface area contributed by atoms with Crippen molar-refractivity contribution in [2.24, 2.45) is 0 Å². The molecule has 8 nitrogen and oxygen atoms in total. The second-order valence-electron chi connectivity index (χ2n) is 5.99. The minimum absolute atomic E-state index is 0.00302. The summed E-state index contributed by atoms with van der Waals surface area (Å²) in [6.45, 7) is 1.42. The molecule has 2 aromatic rings. The summed E-state index contributed by atoms with van der Waals surface area (Å²) in [5.74, 6) is 1.14. The molecule has 2 N–H and O–H groups in total. The number of hydrogen-bond donors (Lipinski definition) is 2. The van der Waals surface area contributed by atoms with Crippen LogP contribution < -0.4 is 20.1 Å². The van der Waals surface area contributed by atoms with Crippen LogP contribution in [0.15, 0.2) is 18.2 Å². The Balaban J connectivity index is 1.50. The average Bonchev–Trinajstić information content (AvgIpc) is 3.37. The molecule has 1 aliphatic rings. The van der Waals surface area contributed by atoms with Gasteiger partial charge >= 0.3 is 6.03 Å². The molecule has 1 unspecified atom stereocenters. The molecule has 3 rings (SSSR count). The van der Waals surface area contributed by atoms with Gasteiger partial charge < -0.3 is 19.5 Å². The van der Waals surface area contributed by atoms with Crippen LogP contribution in [0.25, 0.3) is 0 Å². The number of benzene rings is 1. The molecule has 1 atom stereocenters. The second kappa shape index (κ2) is 9.60. The van der Waals surface area contributed by atoms with E-state index >= 15 is 0 Å². The molecule has 0 radical (unpaired) electrons. The highest BCUT2D eigenvalue weighted by Crippen LogP contribution is 2.29. The summed E-state index contributed by atoms with van der Waals surface area (Å²) in [4.78, 5) is 11.9. The minimum atomic E-state index is -2.72. The number of hydrogen-bond acceptors (Lipinski definition) is 7. The molecule has 11 heteroatoms. The number of alkyl halides is 2. The van der Waals surface area contributed by atoms with Gasteiger partial charge in [0.25, 0.3) is 6.43 Å². The standard InChI is InChI=1S/C17H20F2N4O4S/c1-25-13-7-10(4-5-12(13)27-9-11-3-2-6-26-11)8-20-16(24)21-17-23-22-15(28-17)14(18)19/h4-5,7,11,14H,2-3,6,8-9H2,1H3,(H2,20,21,23,24). The van der Waals surface area contributed by atoms with Crippen molar-refractivity contribution in [3.63, 3.8) is 0 Å². The molecule has 1 aromatic carbocycles. The Kier molecular flexibility index (Phi) is 6.93. The first-order valence-electron chi connectivity index (χ1n) is 8.63. The Hall–Kier alpha value is -2.53. The van der Waals surface area contributed by atoms with E-state index in [0.717, 1.165) is 25.0 Å². The summed E-state index contributed by atoms with van der Waals surface area (Å²) in [6, 6.07) is 4.75. The average molecular weight is 414 g/mol. The van der Waals surface area contributed by atoms with Crippen molar-refractivity contribution in [1.82, 2.24) is 15.5 Å². The molecular weight excluding hydrogens is 394 g/mol. The van der Waals surface area contributed by atoms with Crippen LogP contribution >= 0.6 is 11.3 Å². The maximum atomic E-state index is 12.5. The summed E-state index contributed by atoms with van der Waals surface area (Å²) in [5, 5.41) is 11.3. The lowest BCUT2D eigenvalue weighted by Gasteiger charge is -2.15. The summed E-state index contributed by atoms with van der Waals surface area (Å²) < 4.78 is 41.6. The third-order valence-corrected chi connectivity index (χ3v) is 4.82. The van der Waals surface area contributed by atoms with Crippen LogP contribution in [0.4, 0.5) is 18.7 Å². The predicted octanol–water partition coefficient (Wildman–Crippen LogP) is 3.36. The van der Waals surface area contributed by atoms with Crippen LogP contribution in [0.2, 0.25) is 0 Å². The van der Waals surface area contributed by atoms with Crippen LogP contribution in [0, 0.1) is 0 Å². The highest BCUT2D eigenvalue weighted by atomic mass is 32.1. The number of amides is 2. The van der Waals surface area contributed by atoms with Gasteiger partial charge in [-0.1, -0.05) is 17.4 Å². The van der Waals surface area contributed by atoms with Crippen LogP contribution in [0.3, 0.4) is 0 Å². The molecule has 1 aliphatic heterocycles. The number of anilines is 1. The van der Waals surface area contributed by atoms with E-state index in [1.54, 1.807) is 18.2 Å². The summed E-state index contributed by atoms with van der Waals surface area (Å²) in [7, 11) is 1.54. The number of nitrogens with one attached hydrogen (secondary N) is 2. The van der Waals surface area contributed by atoms with Crippen molar-refractivity contribution in [3.8, 4) is 11.5 Å². The minimum Gasteiger partial charge on any atom is -0.493 e. The van der Waals surface area contributed by atoms with Crippen LogP contribution in [-0.2, 0) is 11.3 Å². The zero-order chi connectivity index (χ0) is 19.9. The summed E-state index contributed by atoms with van der Waals surface area (Å²) in [5.41, 5.74) is 0.780. The number of carbonyl (C=O) groups is 1. The van der Waals surface area contributed by atoms with E-state index < -0.39 is 17.5 Å². The van der Waals surface area contributed by atoms with Gasteiger partial charge in [0.05, 0.1) is 13.2 Å². The van der Waals surface area contributed by atoms with Crippen molar-refractivity contribution in [2.75, 3.05) is 25.6 Å². The van der Waals surface area contributed by atoms with E-state index in [1.807, 2.05) is 0 Å². The van der Waals surface area contributed by atoms with Crippen LogP contribution in [-0.4, -0.2) is 42.7 Å². The smallest absolute Gasteiger partial charge is 0.321 e. The Morgan fingerprint density at radius 3 is 2.93 bits per heavy atom. The zero-order valence-electron chi connectivity index (χ0n) is 15.1. The van der Waals surface area contributed by atoms with E-state index in [4.69, 9.17) is 14.2 Å². The number of methoxy groups -OCH3 is 1. The first-order chi connectivity index (χ1) is 13.5. The van der Waals surface area contributed by atoms with Gasteiger partial charge in [0.2, 0.25) is 5.13 Å². The Labute approximate surface area is 164 Å². The van der Waals surface area contributed by atoms with E-state index in [1.165, 1.54) is 7.11 Å². The van der Waals surface area contributed by atoms with E-state index in [-0.39, 0.29) is 17.8 Å². The molecule has 2 amide bonds. The maximum Gasteiger partial charge on any atom is 0.321 e. The fourth-order valence-electron chi connectivity index (χ4n) is 2.60. The van der Waals surface area contributed by atoms with Crippen LogP contribution in [0.5, 0.6) is 11.5 Å². The van der Waals surface area contributed by atoms with Gasteiger partial charge in [0.1, 0.15) is 6.61 Å². The first-order valence-corrected chi connectivity index (χ1v) is 9.44. The molecule has 1 saturated heterocycles. The Bertz CT molecular complexity index is 799. The van der Waals surface area contributed by atoms with Gasteiger partial charge in [0.15, 0.2) is 16.5 Å². The largest absolute Gasteiger partial charge is 0.493 e. The van der Waals surface area contributed by atoms with Crippen LogP contribution in [0.1, 0.15) is 29.8 Å². The van der Waals surface area contributed by atoms with E-state index in [0.29, 0.717) is 29.4 Å². The lowest BCUT2D eigenvalue weighted by Crippen LogP contribution is -2.28. The molecule has 28 heavy (non-hydrogen) atoms. The number of ether oxygens (including phenoxy) is 3. The number of carbonyl (C=O) groups excluding carboxylic acids is 1. The maximum absolute atomic E-state index is 12.5. The lowest BCUT2D eigenvalue weighted by atomic mass is 10.2. The normalized spacial score (nSPS) is 16.2. The fraction of sp³-hybridized carbons (Fsp3) is 0.471. The van der Waals surface area contributed by atoms with Gasteiger partial charge in [0, 0.05) is 13.2 Å². The SMILES string of the molecule is COc1cc(CNC(=O)Nc2nnc(C(F)F)s2)ccc1OCC1CCCO1. The van der Waals surface area contributed by atoms with Crippen molar-refractivity contribution in [3.05, 3.63) is 28.8 Å². The van der Waals surface area contributed by atoms with E-state index in [9.17, 15) is 13.6 Å². The molecular formula is C17H20F2N4O4S. The Morgan fingerprint density at radius 2 is 2.25 bits per heavy atom. The van der Waals surface area contributed by atoms with Crippen molar-refractivity contribution >= 4 is 22.5 Å². The van der Waals surface area contributed by atoms with Crippen molar-refractivity contribution in [2.45, 2.75) is 31.9 Å². The number of halogens is 2. The Morgan fingerprint density at radius 1 is 1.39 bits per heavy atom. The molecule has 152 valence electrons. The molecule has 0 aliphatic carbocycles. The van der Waals surface area contributed by atoms with Gasteiger partial charge in [-0.2, -0.15) is 0 Å². The lowest BCUT2D eigenvalue weighted by molar-refractivity contribution is 0.0669. The molecule has 1 fully saturated rings. The van der Waals surface area contributed by atoms with E-state index in [2.05, 4.69) is 20.8 Å². The van der Waals surface area contributed by atoms with Crippen molar-refractivity contribution in [1.29, 1.82) is 0 Å². The monoisotopic (exact) mass is 414 g/mol. The van der Waals surface area contributed by atoms with Gasteiger partial charge in [-0.15, -0.1) is 10.2 Å². The summed E-state index contributed by atoms with van der Waals surface area (Å²) in [6.07, 6.45) is -0.601. The third-order valence-electron chi connectivity index (χ3n) is 3.98.